The Kier molecular flexibility index (Phi) is 6.99. The number of aliphatic carboxylic acids is 1. The van der Waals surface area contributed by atoms with Crippen LogP contribution in [0.4, 0.5) is 15.8 Å². The van der Waals surface area contributed by atoms with E-state index in [0.717, 1.165) is 5.56 Å². The number of azo groups is 1. The normalized spacial score (nSPS) is 11.6. The molecule has 0 aliphatic rings. The number of hydrogen-bond acceptors (Lipinski definition) is 5. The Labute approximate surface area is 183 Å². The Hall–Kier alpha value is -4.01. The third kappa shape index (κ3) is 5.18. The number of para-hydroxylation sites is 1. The molecule has 2 aromatic carbocycles. The molecule has 0 atom stereocenters. The first kappa shape index (κ1) is 22.7. The second-order valence-electron chi connectivity index (χ2n) is 7.26. The largest absolute Gasteiger partial charge is 0.505 e. The lowest BCUT2D eigenvalue weighted by Gasteiger charge is -2.04. The number of nitrogens with one attached hydrogen (secondary N) is 1. The van der Waals surface area contributed by atoms with Gasteiger partial charge < -0.3 is 10.2 Å². The Balaban J connectivity index is 1.83. The number of aromatic hydroxyl groups is 1. The number of halogens is 1. The maximum absolute atomic E-state index is 14.0. The second-order valence-corrected chi connectivity index (χ2v) is 7.26. The number of aromatic nitrogens is 2. The minimum Gasteiger partial charge on any atom is -0.505 e. The number of hydrogen-bond donors (Lipinski definition) is 3. The Morgan fingerprint density at radius 3 is 2.62 bits per heavy atom. The van der Waals surface area contributed by atoms with Crippen molar-refractivity contribution in [2.24, 2.45) is 10.2 Å². The molecule has 0 amide bonds. The molecule has 3 aromatic rings. The van der Waals surface area contributed by atoms with Crippen molar-refractivity contribution in [1.29, 1.82) is 0 Å². The molecule has 9 heteroatoms. The van der Waals surface area contributed by atoms with Gasteiger partial charge >= 0.3 is 5.97 Å². The van der Waals surface area contributed by atoms with Gasteiger partial charge in [0, 0.05) is 24.1 Å². The summed E-state index contributed by atoms with van der Waals surface area (Å²) in [5.74, 6) is -1.45. The van der Waals surface area contributed by atoms with Crippen LogP contribution in [0.1, 0.15) is 35.2 Å². The topological polar surface area (TPSA) is 120 Å². The van der Waals surface area contributed by atoms with Gasteiger partial charge in [-0.15, -0.1) is 10.2 Å². The number of aromatic amines is 1. The first-order valence-electron chi connectivity index (χ1n) is 9.96. The van der Waals surface area contributed by atoms with Crippen LogP contribution >= 0.6 is 0 Å². The van der Waals surface area contributed by atoms with Crippen molar-refractivity contribution in [3.8, 4) is 5.75 Å². The number of carbonyl (C=O) groups is 1. The average Bonchev–Trinajstić information content (AvgIpc) is 3.00. The highest BCUT2D eigenvalue weighted by Crippen LogP contribution is 2.33. The number of benzene rings is 2. The van der Waals surface area contributed by atoms with Gasteiger partial charge in [0.2, 0.25) is 0 Å². The number of aryl methyl sites for hydroxylation is 3. The van der Waals surface area contributed by atoms with E-state index in [1.54, 1.807) is 50.3 Å². The van der Waals surface area contributed by atoms with Gasteiger partial charge in [-0.25, -0.2) is 4.39 Å². The highest BCUT2D eigenvalue weighted by atomic mass is 19.1. The molecule has 0 bridgehead atoms. The lowest BCUT2D eigenvalue weighted by molar-refractivity contribution is -0.137. The van der Waals surface area contributed by atoms with E-state index in [1.165, 1.54) is 16.8 Å². The smallest absolute Gasteiger partial charge is 0.303 e. The van der Waals surface area contributed by atoms with Crippen LogP contribution in [0.15, 0.2) is 51.4 Å². The minimum absolute atomic E-state index is 0.0536. The zero-order valence-corrected chi connectivity index (χ0v) is 17.7. The van der Waals surface area contributed by atoms with E-state index in [0.29, 0.717) is 23.2 Å². The fourth-order valence-electron chi connectivity index (χ4n) is 3.15. The number of phenolic OH excluding ortho intramolecular Hbond substituents is 1. The molecule has 32 heavy (non-hydrogen) atoms. The van der Waals surface area contributed by atoms with Gasteiger partial charge in [0.15, 0.2) is 5.69 Å². The highest BCUT2D eigenvalue weighted by molar-refractivity contribution is 5.76. The van der Waals surface area contributed by atoms with Crippen molar-refractivity contribution < 1.29 is 19.4 Å². The predicted octanol–water partition coefficient (Wildman–Crippen LogP) is 5.09. The molecule has 0 unspecified atom stereocenters. The number of carboxylic acid groups (broad SMARTS) is 1. The van der Waals surface area contributed by atoms with Crippen LogP contribution in [0.2, 0.25) is 0 Å². The van der Waals surface area contributed by atoms with Crippen molar-refractivity contribution in [2.45, 2.75) is 33.2 Å². The quantitative estimate of drug-likeness (QED) is 0.335. The summed E-state index contributed by atoms with van der Waals surface area (Å²) in [6.07, 6.45) is 3.40. The first-order valence-corrected chi connectivity index (χ1v) is 9.96. The van der Waals surface area contributed by atoms with Crippen molar-refractivity contribution in [3.63, 3.8) is 0 Å². The van der Waals surface area contributed by atoms with E-state index < -0.39 is 11.5 Å². The third-order valence-corrected chi connectivity index (χ3v) is 4.88. The summed E-state index contributed by atoms with van der Waals surface area (Å²) in [4.78, 5) is 23.1. The molecular weight excluding hydrogens is 415 g/mol. The van der Waals surface area contributed by atoms with Crippen molar-refractivity contribution in [2.75, 3.05) is 0 Å². The maximum atomic E-state index is 14.0. The molecule has 0 aliphatic carbocycles. The molecule has 0 spiro atoms. The lowest BCUT2D eigenvalue weighted by Crippen LogP contribution is -2.17. The molecule has 0 saturated heterocycles. The summed E-state index contributed by atoms with van der Waals surface area (Å²) in [6, 6.07) is 9.64. The van der Waals surface area contributed by atoms with E-state index in [2.05, 4.69) is 15.3 Å². The third-order valence-electron chi connectivity index (χ3n) is 4.88. The summed E-state index contributed by atoms with van der Waals surface area (Å²) in [6.45, 7) is 3.66. The van der Waals surface area contributed by atoms with Gasteiger partial charge in [-0.3, -0.25) is 19.4 Å². The van der Waals surface area contributed by atoms with Gasteiger partial charge in [-0.1, -0.05) is 36.4 Å². The van der Waals surface area contributed by atoms with Crippen molar-refractivity contribution >= 4 is 29.5 Å². The Morgan fingerprint density at radius 2 is 1.91 bits per heavy atom. The highest BCUT2D eigenvalue weighted by Gasteiger charge is 2.12. The number of H-pyrrole nitrogens is 1. The van der Waals surface area contributed by atoms with E-state index in [-0.39, 0.29) is 35.9 Å². The summed E-state index contributed by atoms with van der Waals surface area (Å²) in [7, 11) is 0. The molecule has 3 rings (SSSR count). The summed E-state index contributed by atoms with van der Waals surface area (Å²) in [5.41, 5.74) is 1.87. The van der Waals surface area contributed by atoms with Gasteiger partial charge in [0.05, 0.1) is 5.69 Å². The molecule has 166 valence electrons. The van der Waals surface area contributed by atoms with Crippen LogP contribution in [0.5, 0.6) is 5.75 Å². The van der Waals surface area contributed by atoms with Gasteiger partial charge in [-0.2, -0.15) is 0 Å². The zero-order valence-electron chi connectivity index (χ0n) is 17.7. The van der Waals surface area contributed by atoms with Crippen molar-refractivity contribution in [1.82, 2.24) is 9.78 Å². The molecule has 0 radical (unpaired) electrons. The van der Waals surface area contributed by atoms with Crippen molar-refractivity contribution in [3.05, 3.63) is 75.0 Å². The van der Waals surface area contributed by atoms with E-state index >= 15 is 0 Å². The zero-order chi connectivity index (χ0) is 23.3. The second kappa shape index (κ2) is 9.86. The molecule has 3 N–H and O–H groups in total. The van der Waals surface area contributed by atoms with Crippen LogP contribution in [0.3, 0.4) is 0 Å². The van der Waals surface area contributed by atoms with E-state index in [9.17, 15) is 19.1 Å². The average molecular weight is 438 g/mol. The van der Waals surface area contributed by atoms with Gasteiger partial charge in [0.25, 0.3) is 5.56 Å². The number of phenols is 1. The van der Waals surface area contributed by atoms with E-state index in [1.807, 2.05) is 0 Å². The van der Waals surface area contributed by atoms with Crippen LogP contribution in [-0.4, -0.2) is 26.0 Å². The Morgan fingerprint density at radius 1 is 1.16 bits per heavy atom. The lowest BCUT2D eigenvalue weighted by atomic mass is 10.1. The number of carboxylic acids is 1. The van der Waals surface area contributed by atoms with Gasteiger partial charge in [0.1, 0.15) is 17.3 Å². The molecule has 8 nitrogen and oxygen atoms in total. The number of nitrogens with zero attached hydrogens (tertiary/aromatic N) is 3. The van der Waals surface area contributed by atoms with E-state index in [4.69, 9.17) is 5.11 Å². The fraction of sp³-hybridized carbons (Fsp3) is 0.217. The predicted molar refractivity (Wildman–Crippen MR) is 119 cm³/mol. The SMILES string of the molecule is Cc1cccc(F)c1/C=C/c1cccc(N=Nc2c(C)[nH]n(CCCC(=O)O)c2=O)c1O. The maximum Gasteiger partial charge on any atom is 0.303 e. The number of rotatable bonds is 8. The van der Waals surface area contributed by atoms with Crippen LogP contribution in [-0.2, 0) is 11.3 Å². The molecule has 1 aromatic heterocycles. The van der Waals surface area contributed by atoms with Crippen LogP contribution < -0.4 is 5.56 Å². The summed E-state index contributed by atoms with van der Waals surface area (Å²) in [5, 5.41) is 30.1. The Bertz CT molecular complexity index is 1240. The summed E-state index contributed by atoms with van der Waals surface area (Å²) >= 11 is 0. The molecule has 0 fully saturated rings. The molecule has 0 aliphatic heterocycles. The van der Waals surface area contributed by atoms with Crippen LogP contribution in [0.25, 0.3) is 12.2 Å². The summed E-state index contributed by atoms with van der Waals surface area (Å²) < 4.78 is 15.3. The molecular formula is C23H23FN4O4. The standard InChI is InChI=1S/C23H23FN4O4/c1-14-6-3-8-18(24)17(14)12-11-16-7-4-9-19(22(16)31)25-26-21-15(2)27-28(23(21)32)13-5-10-20(29)30/h3-4,6-9,11-12,27,31H,5,10,13H2,1-2H3,(H,29,30)/b12-11+,26-25?. The monoisotopic (exact) mass is 438 g/mol. The van der Waals surface area contributed by atoms with Gasteiger partial charge in [-0.05, 0) is 38.0 Å². The molecule has 1 heterocycles. The minimum atomic E-state index is -0.934. The first-order chi connectivity index (χ1) is 15.3. The molecule has 0 saturated carbocycles. The fourth-order valence-corrected chi connectivity index (χ4v) is 3.15. The van der Waals surface area contributed by atoms with Crippen LogP contribution in [0, 0.1) is 19.7 Å².